The van der Waals surface area contributed by atoms with Crippen molar-refractivity contribution in [2.75, 3.05) is 5.32 Å². The predicted octanol–water partition coefficient (Wildman–Crippen LogP) is 2.11. The molecule has 0 atom stereocenters. The molecule has 2 rings (SSSR count). The number of carbonyl (C=O) groups excluding carboxylic acids is 2. The first-order valence-corrected chi connectivity index (χ1v) is 5.67. The van der Waals surface area contributed by atoms with Crippen LogP contribution >= 0.6 is 0 Å². The molecular formula is C13H15NO4. The number of rotatable bonds is 3. The van der Waals surface area contributed by atoms with Crippen molar-refractivity contribution in [2.24, 2.45) is 0 Å². The first-order chi connectivity index (χ1) is 8.35. The molecule has 0 unspecified atom stereocenters. The number of Topliss-reactive ketones (excluding diaryl/α,β-unsaturated/α-hetero) is 1. The summed E-state index contributed by atoms with van der Waals surface area (Å²) < 4.78 is 11.1. The van der Waals surface area contributed by atoms with Crippen LogP contribution in [0.4, 0.5) is 5.69 Å². The van der Waals surface area contributed by atoms with Crippen molar-refractivity contribution in [3.63, 3.8) is 0 Å². The van der Waals surface area contributed by atoms with Crippen molar-refractivity contribution in [3.8, 4) is 11.5 Å². The monoisotopic (exact) mass is 249 g/mol. The maximum Gasteiger partial charge on any atom is 0.246 e. The highest BCUT2D eigenvalue weighted by molar-refractivity contribution is 6.03. The van der Waals surface area contributed by atoms with Crippen LogP contribution < -0.4 is 14.8 Å². The van der Waals surface area contributed by atoms with Crippen molar-refractivity contribution < 1.29 is 19.1 Å². The molecule has 18 heavy (non-hydrogen) atoms. The van der Waals surface area contributed by atoms with Crippen LogP contribution in [0.2, 0.25) is 0 Å². The van der Waals surface area contributed by atoms with E-state index in [1.807, 2.05) is 0 Å². The zero-order valence-electron chi connectivity index (χ0n) is 10.6. The largest absolute Gasteiger partial charge is 0.449 e. The number of anilines is 1. The Morgan fingerprint density at radius 2 is 1.89 bits per heavy atom. The van der Waals surface area contributed by atoms with Gasteiger partial charge in [-0.1, -0.05) is 0 Å². The molecule has 1 N–H and O–H groups in total. The van der Waals surface area contributed by atoms with Crippen LogP contribution in [0.25, 0.3) is 0 Å². The summed E-state index contributed by atoms with van der Waals surface area (Å²) >= 11 is 0. The van der Waals surface area contributed by atoms with Gasteiger partial charge in [0.25, 0.3) is 0 Å². The van der Waals surface area contributed by atoms with E-state index in [0.717, 1.165) is 0 Å². The number of fused-ring (bicyclic) bond motifs is 1. The molecule has 0 aliphatic carbocycles. The van der Waals surface area contributed by atoms with E-state index in [1.54, 1.807) is 32.0 Å². The minimum atomic E-state index is -0.690. The van der Waals surface area contributed by atoms with Crippen LogP contribution in [0, 0.1) is 0 Å². The topological polar surface area (TPSA) is 64.6 Å². The van der Waals surface area contributed by atoms with Gasteiger partial charge in [0.1, 0.15) is 5.78 Å². The Hall–Kier alpha value is -2.04. The average Bonchev–Trinajstić information content (AvgIpc) is 2.49. The zero-order valence-corrected chi connectivity index (χ0v) is 10.6. The van der Waals surface area contributed by atoms with Crippen LogP contribution in [-0.2, 0) is 9.59 Å². The van der Waals surface area contributed by atoms with E-state index in [9.17, 15) is 9.59 Å². The van der Waals surface area contributed by atoms with Gasteiger partial charge in [-0.25, -0.2) is 0 Å². The number of ether oxygens (including phenoxy) is 2. The molecule has 0 spiro atoms. The SMILES string of the molecule is CC(=O)CC(=O)Nc1ccc2c(c1)OC(C)(C)O2. The Labute approximate surface area is 105 Å². The van der Waals surface area contributed by atoms with Crippen LogP contribution in [0.15, 0.2) is 18.2 Å². The summed E-state index contributed by atoms with van der Waals surface area (Å²) in [5.41, 5.74) is 0.585. The van der Waals surface area contributed by atoms with Gasteiger partial charge in [-0.15, -0.1) is 0 Å². The minimum Gasteiger partial charge on any atom is -0.449 e. The van der Waals surface area contributed by atoms with Crippen LogP contribution in [-0.4, -0.2) is 17.5 Å². The fourth-order valence-corrected chi connectivity index (χ4v) is 1.73. The van der Waals surface area contributed by atoms with Gasteiger partial charge in [0, 0.05) is 25.6 Å². The first kappa shape index (κ1) is 12.4. The molecule has 5 heteroatoms. The second-order valence-corrected chi connectivity index (χ2v) is 4.69. The van der Waals surface area contributed by atoms with E-state index in [0.29, 0.717) is 17.2 Å². The van der Waals surface area contributed by atoms with Gasteiger partial charge in [0.05, 0.1) is 6.42 Å². The van der Waals surface area contributed by atoms with E-state index >= 15 is 0 Å². The standard InChI is InChI=1S/C13H15NO4/c1-8(15)6-12(16)14-9-4-5-10-11(7-9)18-13(2,3)17-10/h4-5,7H,6H2,1-3H3,(H,14,16). The molecule has 1 aliphatic heterocycles. The molecule has 0 fully saturated rings. The summed E-state index contributed by atoms with van der Waals surface area (Å²) in [7, 11) is 0. The number of ketones is 1. The van der Waals surface area contributed by atoms with Crippen LogP contribution in [0.5, 0.6) is 11.5 Å². The highest BCUT2D eigenvalue weighted by Gasteiger charge is 2.31. The molecule has 0 saturated heterocycles. The highest BCUT2D eigenvalue weighted by Crippen LogP contribution is 2.40. The Balaban J connectivity index is 2.09. The first-order valence-electron chi connectivity index (χ1n) is 5.67. The highest BCUT2D eigenvalue weighted by atomic mass is 16.7. The molecule has 0 bridgehead atoms. The molecule has 0 radical (unpaired) electrons. The van der Waals surface area contributed by atoms with E-state index in [1.165, 1.54) is 6.92 Å². The Morgan fingerprint density at radius 1 is 1.22 bits per heavy atom. The van der Waals surface area contributed by atoms with Gasteiger partial charge in [-0.3, -0.25) is 9.59 Å². The zero-order chi connectivity index (χ0) is 13.3. The van der Waals surface area contributed by atoms with E-state index < -0.39 is 5.79 Å². The van der Waals surface area contributed by atoms with Gasteiger partial charge in [0.2, 0.25) is 11.7 Å². The summed E-state index contributed by atoms with van der Waals surface area (Å²) in [5.74, 6) is 0.0323. The minimum absolute atomic E-state index is 0.125. The second-order valence-electron chi connectivity index (χ2n) is 4.69. The molecule has 96 valence electrons. The third-order valence-electron chi connectivity index (χ3n) is 2.35. The Bertz CT molecular complexity index is 508. The summed E-state index contributed by atoms with van der Waals surface area (Å²) in [6, 6.07) is 5.12. The quantitative estimate of drug-likeness (QED) is 0.833. The lowest BCUT2D eigenvalue weighted by molar-refractivity contribution is -0.124. The van der Waals surface area contributed by atoms with Crippen LogP contribution in [0.1, 0.15) is 27.2 Å². The lowest BCUT2D eigenvalue weighted by atomic mass is 10.2. The van der Waals surface area contributed by atoms with Gasteiger partial charge in [-0.2, -0.15) is 0 Å². The number of hydrogen-bond acceptors (Lipinski definition) is 4. The lowest BCUT2D eigenvalue weighted by Gasteiger charge is -2.16. The van der Waals surface area contributed by atoms with Gasteiger partial charge in [-0.05, 0) is 19.1 Å². The number of amides is 1. The van der Waals surface area contributed by atoms with Gasteiger partial charge < -0.3 is 14.8 Å². The van der Waals surface area contributed by atoms with E-state index in [-0.39, 0.29) is 18.1 Å². The summed E-state index contributed by atoms with van der Waals surface area (Å²) in [6.45, 7) is 4.99. The molecule has 1 heterocycles. The fraction of sp³-hybridized carbons (Fsp3) is 0.385. The van der Waals surface area contributed by atoms with Crippen molar-refractivity contribution in [1.82, 2.24) is 0 Å². The van der Waals surface area contributed by atoms with E-state index in [2.05, 4.69) is 5.32 Å². The molecule has 1 aliphatic rings. The van der Waals surface area contributed by atoms with Gasteiger partial charge >= 0.3 is 0 Å². The maximum atomic E-state index is 11.4. The van der Waals surface area contributed by atoms with Crippen LogP contribution in [0.3, 0.4) is 0 Å². The predicted molar refractivity (Wildman–Crippen MR) is 65.7 cm³/mol. The average molecular weight is 249 g/mol. The van der Waals surface area contributed by atoms with E-state index in [4.69, 9.17) is 9.47 Å². The normalized spacial score (nSPS) is 15.3. The Morgan fingerprint density at radius 3 is 2.56 bits per heavy atom. The maximum absolute atomic E-state index is 11.4. The molecule has 0 saturated carbocycles. The second kappa shape index (κ2) is 4.33. The smallest absolute Gasteiger partial charge is 0.246 e. The fourth-order valence-electron chi connectivity index (χ4n) is 1.73. The van der Waals surface area contributed by atoms with Crippen molar-refractivity contribution in [3.05, 3.63) is 18.2 Å². The molecule has 1 amide bonds. The number of benzene rings is 1. The van der Waals surface area contributed by atoms with Crippen molar-refractivity contribution >= 4 is 17.4 Å². The Kier molecular flexibility index (Phi) is 2.98. The number of carbonyl (C=O) groups is 2. The summed E-state index contributed by atoms with van der Waals surface area (Å²) in [5, 5.41) is 2.63. The van der Waals surface area contributed by atoms with Gasteiger partial charge in [0.15, 0.2) is 11.5 Å². The van der Waals surface area contributed by atoms with Crippen molar-refractivity contribution in [1.29, 1.82) is 0 Å². The van der Waals surface area contributed by atoms with Crippen molar-refractivity contribution in [2.45, 2.75) is 33.0 Å². The number of hydrogen-bond donors (Lipinski definition) is 1. The number of nitrogens with one attached hydrogen (secondary N) is 1. The third-order valence-corrected chi connectivity index (χ3v) is 2.35. The molecule has 0 aromatic heterocycles. The molecule has 5 nitrogen and oxygen atoms in total. The summed E-state index contributed by atoms with van der Waals surface area (Å²) in [4.78, 5) is 22.3. The molecular weight excluding hydrogens is 234 g/mol. The molecule has 1 aromatic rings. The lowest BCUT2D eigenvalue weighted by Crippen LogP contribution is -2.29. The third kappa shape index (κ3) is 2.80. The summed E-state index contributed by atoms with van der Waals surface area (Å²) in [6.07, 6.45) is -0.125. The molecule has 1 aromatic carbocycles.